The van der Waals surface area contributed by atoms with Crippen molar-refractivity contribution in [1.29, 1.82) is 0 Å². The molecule has 0 aliphatic carbocycles. The Morgan fingerprint density at radius 1 is 1.00 bits per heavy atom. The number of fused-ring (bicyclic) bond motifs is 1. The lowest BCUT2D eigenvalue weighted by Crippen LogP contribution is -2.28. The van der Waals surface area contributed by atoms with E-state index in [1.54, 1.807) is 0 Å². The highest BCUT2D eigenvalue weighted by Crippen LogP contribution is 2.31. The maximum absolute atomic E-state index is 6.21. The van der Waals surface area contributed by atoms with Gasteiger partial charge in [-0.1, -0.05) is 48.0 Å². The first kappa shape index (κ1) is 15.6. The first-order valence-corrected chi connectivity index (χ1v) is 7.38. The van der Waals surface area contributed by atoms with Gasteiger partial charge >= 0.3 is 0 Å². The fraction of sp³-hybridized carbons (Fsp3) is 0.222. The Balaban J connectivity index is 2.05. The van der Waals surface area contributed by atoms with E-state index < -0.39 is 0 Å². The first-order chi connectivity index (χ1) is 10.3. The molecule has 0 amide bonds. The zero-order valence-electron chi connectivity index (χ0n) is 12.1. The van der Waals surface area contributed by atoms with Gasteiger partial charge in [-0.15, -0.1) is 13.2 Å². The Kier molecular flexibility index (Phi) is 5.85. The minimum atomic E-state index is 0.618. The molecule has 2 aromatic carbocycles. The van der Waals surface area contributed by atoms with Crippen LogP contribution in [0.4, 0.5) is 0 Å². The van der Waals surface area contributed by atoms with Gasteiger partial charge in [0.25, 0.3) is 0 Å². The maximum Gasteiger partial charge on any atom is 0.127 e. The lowest BCUT2D eigenvalue weighted by molar-refractivity contribution is 0.238. The lowest BCUT2D eigenvalue weighted by atomic mass is 10.1. The van der Waals surface area contributed by atoms with Crippen LogP contribution in [0.25, 0.3) is 10.8 Å². The average molecular weight is 302 g/mol. The molecule has 0 N–H and O–H groups in total. The second-order valence-electron chi connectivity index (χ2n) is 4.78. The molecule has 0 atom stereocenters. The van der Waals surface area contributed by atoms with E-state index in [2.05, 4.69) is 18.1 Å². The third-order valence-corrected chi connectivity index (χ3v) is 3.60. The van der Waals surface area contributed by atoms with E-state index in [4.69, 9.17) is 16.3 Å². The molecule has 0 unspecified atom stereocenters. The van der Waals surface area contributed by atoms with Crippen LogP contribution in [0.1, 0.15) is 0 Å². The van der Waals surface area contributed by atoms with Crippen molar-refractivity contribution in [2.24, 2.45) is 0 Å². The smallest absolute Gasteiger partial charge is 0.127 e. The SMILES string of the molecule is C=CCN(CC=C)CCOc1ccc(Cl)c2ccccc12. The summed E-state index contributed by atoms with van der Waals surface area (Å²) in [6, 6.07) is 11.8. The number of ether oxygens (including phenoxy) is 1. The fourth-order valence-electron chi connectivity index (χ4n) is 2.27. The van der Waals surface area contributed by atoms with Crippen LogP contribution in [0.3, 0.4) is 0 Å². The molecule has 2 nitrogen and oxygen atoms in total. The summed E-state index contributed by atoms with van der Waals surface area (Å²) in [7, 11) is 0. The number of nitrogens with zero attached hydrogens (tertiary/aromatic N) is 1. The third-order valence-electron chi connectivity index (χ3n) is 3.27. The van der Waals surface area contributed by atoms with Crippen molar-refractivity contribution in [2.75, 3.05) is 26.2 Å². The van der Waals surface area contributed by atoms with Crippen LogP contribution in [0, 0.1) is 0 Å². The Bertz CT molecular complexity index is 614. The van der Waals surface area contributed by atoms with E-state index in [1.807, 2.05) is 48.6 Å². The predicted molar refractivity (Wildman–Crippen MR) is 91.3 cm³/mol. The third kappa shape index (κ3) is 4.10. The zero-order valence-corrected chi connectivity index (χ0v) is 12.9. The normalized spacial score (nSPS) is 10.8. The standard InChI is InChI=1S/C18H20ClNO/c1-3-11-20(12-4-2)13-14-21-18-10-9-17(19)15-7-5-6-8-16(15)18/h3-10H,1-2,11-14H2. The van der Waals surface area contributed by atoms with Gasteiger partial charge in [-0.25, -0.2) is 0 Å². The summed E-state index contributed by atoms with van der Waals surface area (Å²) in [5.41, 5.74) is 0. The van der Waals surface area contributed by atoms with Crippen LogP contribution < -0.4 is 4.74 Å². The zero-order chi connectivity index (χ0) is 15.1. The van der Waals surface area contributed by atoms with E-state index in [-0.39, 0.29) is 0 Å². The van der Waals surface area contributed by atoms with Gasteiger partial charge in [0.2, 0.25) is 0 Å². The number of halogens is 1. The van der Waals surface area contributed by atoms with Crippen molar-refractivity contribution < 1.29 is 4.74 Å². The molecule has 0 saturated heterocycles. The van der Waals surface area contributed by atoms with Crippen LogP contribution in [-0.2, 0) is 0 Å². The molecule has 3 heteroatoms. The van der Waals surface area contributed by atoms with Gasteiger partial charge in [-0.3, -0.25) is 4.90 Å². The van der Waals surface area contributed by atoms with E-state index in [0.717, 1.165) is 41.2 Å². The molecule has 0 aliphatic rings. The molecule has 0 spiro atoms. The largest absolute Gasteiger partial charge is 0.492 e. The quantitative estimate of drug-likeness (QED) is 0.663. The highest BCUT2D eigenvalue weighted by molar-refractivity contribution is 6.35. The minimum Gasteiger partial charge on any atom is -0.492 e. The van der Waals surface area contributed by atoms with E-state index in [9.17, 15) is 0 Å². The molecule has 0 radical (unpaired) electrons. The van der Waals surface area contributed by atoms with Crippen LogP contribution in [0.2, 0.25) is 5.02 Å². The van der Waals surface area contributed by atoms with Gasteiger partial charge in [0, 0.05) is 35.4 Å². The van der Waals surface area contributed by atoms with Crippen molar-refractivity contribution in [3.63, 3.8) is 0 Å². The Morgan fingerprint density at radius 3 is 2.33 bits per heavy atom. The molecule has 0 fully saturated rings. The molecular weight excluding hydrogens is 282 g/mol. The molecule has 0 bridgehead atoms. The lowest BCUT2D eigenvalue weighted by Gasteiger charge is -2.19. The van der Waals surface area contributed by atoms with Crippen molar-refractivity contribution in [1.82, 2.24) is 4.90 Å². The van der Waals surface area contributed by atoms with Gasteiger partial charge in [0.1, 0.15) is 12.4 Å². The predicted octanol–water partition coefficient (Wildman–Crippen LogP) is 4.55. The summed E-state index contributed by atoms with van der Waals surface area (Å²) in [6.07, 6.45) is 3.78. The Labute approximate surface area is 131 Å². The van der Waals surface area contributed by atoms with Crippen molar-refractivity contribution in [3.8, 4) is 5.75 Å². The average Bonchev–Trinajstić information content (AvgIpc) is 2.50. The van der Waals surface area contributed by atoms with E-state index >= 15 is 0 Å². The Morgan fingerprint density at radius 2 is 1.67 bits per heavy atom. The minimum absolute atomic E-state index is 0.618. The molecule has 2 rings (SSSR count). The molecule has 0 heterocycles. The van der Waals surface area contributed by atoms with Gasteiger partial charge < -0.3 is 4.74 Å². The Hall–Kier alpha value is -1.77. The van der Waals surface area contributed by atoms with E-state index in [1.165, 1.54) is 0 Å². The van der Waals surface area contributed by atoms with Gasteiger partial charge in [-0.2, -0.15) is 0 Å². The molecule has 21 heavy (non-hydrogen) atoms. The monoisotopic (exact) mass is 301 g/mol. The number of rotatable bonds is 8. The van der Waals surface area contributed by atoms with Crippen molar-refractivity contribution in [3.05, 3.63) is 66.7 Å². The molecule has 0 aromatic heterocycles. The summed E-state index contributed by atoms with van der Waals surface area (Å²) in [4.78, 5) is 2.22. The van der Waals surface area contributed by atoms with Gasteiger partial charge in [-0.05, 0) is 12.1 Å². The highest BCUT2D eigenvalue weighted by Gasteiger charge is 2.06. The number of hydrogen-bond acceptors (Lipinski definition) is 2. The van der Waals surface area contributed by atoms with Crippen molar-refractivity contribution >= 4 is 22.4 Å². The molecule has 0 aliphatic heterocycles. The molecular formula is C18H20ClNO. The summed E-state index contributed by atoms with van der Waals surface area (Å²) < 4.78 is 5.93. The van der Waals surface area contributed by atoms with E-state index in [0.29, 0.717) is 6.61 Å². The summed E-state index contributed by atoms with van der Waals surface area (Å²) in [5, 5.41) is 2.81. The molecule has 2 aromatic rings. The summed E-state index contributed by atoms with van der Waals surface area (Å²) in [6.45, 7) is 10.6. The fourth-order valence-corrected chi connectivity index (χ4v) is 2.50. The topological polar surface area (TPSA) is 12.5 Å². The van der Waals surface area contributed by atoms with Crippen LogP contribution in [0.15, 0.2) is 61.7 Å². The highest BCUT2D eigenvalue weighted by atomic mass is 35.5. The van der Waals surface area contributed by atoms with Crippen LogP contribution in [-0.4, -0.2) is 31.1 Å². The van der Waals surface area contributed by atoms with Crippen molar-refractivity contribution in [2.45, 2.75) is 0 Å². The molecule has 110 valence electrons. The summed E-state index contributed by atoms with van der Waals surface area (Å²) >= 11 is 6.21. The maximum atomic E-state index is 6.21. The summed E-state index contributed by atoms with van der Waals surface area (Å²) in [5.74, 6) is 0.868. The van der Waals surface area contributed by atoms with Gasteiger partial charge in [0.15, 0.2) is 0 Å². The second-order valence-corrected chi connectivity index (χ2v) is 5.18. The molecule has 0 saturated carbocycles. The number of benzene rings is 2. The van der Waals surface area contributed by atoms with Crippen LogP contribution >= 0.6 is 11.6 Å². The first-order valence-electron chi connectivity index (χ1n) is 7.00. The van der Waals surface area contributed by atoms with Gasteiger partial charge in [0.05, 0.1) is 0 Å². The second kappa shape index (κ2) is 7.87. The number of hydrogen-bond donors (Lipinski definition) is 0. The van der Waals surface area contributed by atoms with Crippen LogP contribution in [0.5, 0.6) is 5.75 Å².